The number of methoxy groups -OCH3 is 1. The van der Waals surface area contributed by atoms with E-state index in [2.05, 4.69) is 11.9 Å². The van der Waals surface area contributed by atoms with Crippen LogP contribution in [0.2, 0.25) is 0 Å². The Morgan fingerprint density at radius 1 is 1.41 bits per heavy atom. The van der Waals surface area contributed by atoms with E-state index >= 15 is 0 Å². The molecule has 0 fully saturated rings. The van der Waals surface area contributed by atoms with Gasteiger partial charge in [-0.05, 0) is 26.0 Å². The number of pyridine rings is 1. The summed E-state index contributed by atoms with van der Waals surface area (Å²) in [5, 5.41) is 1.05. The summed E-state index contributed by atoms with van der Waals surface area (Å²) >= 11 is 0. The molecular weight excluding hydrogens is 214 g/mol. The average Bonchev–Trinajstić information content (AvgIpc) is 2.71. The molecule has 0 radical (unpaired) electrons. The van der Waals surface area contributed by atoms with Crippen LogP contribution in [0.15, 0.2) is 18.2 Å². The van der Waals surface area contributed by atoms with Gasteiger partial charge in [-0.25, -0.2) is 4.98 Å². The highest BCUT2D eigenvalue weighted by molar-refractivity contribution is 5.91. The second kappa shape index (κ2) is 3.62. The molecule has 0 bridgehead atoms. The molecular formula is C14H15NO2. The van der Waals surface area contributed by atoms with Crippen molar-refractivity contribution in [1.82, 2.24) is 4.98 Å². The topological polar surface area (TPSA) is 31.4 Å². The van der Waals surface area contributed by atoms with Crippen molar-refractivity contribution in [2.24, 2.45) is 0 Å². The van der Waals surface area contributed by atoms with Gasteiger partial charge in [0.25, 0.3) is 0 Å². The van der Waals surface area contributed by atoms with Gasteiger partial charge in [0, 0.05) is 23.1 Å². The maximum absolute atomic E-state index is 5.90. The lowest BCUT2D eigenvalue weighted by atomic mass is 10.1. The Morgan fingerprint density at radius 3 is 3.00 bits per heavy atom. The molecule has 2 aromatic rings. The third kappa shape index (κ3) is 1.46. The molecule has 3 rings (SSSR count). The normalized spacial score (nSPS) is 17.9. The molecule has 1 aliphatic rings. The summed E-state index contributed by atoms with van der Waals surface area (Å²) < 4.78 is 11.3. The Kier molecular flexibility index (Phi) is 2.21. The molecule has 0 aliphatic carbocycles. The minimum absolute atomic E-state index is 0.238. The zero-order valence-electron chi connectivity index (χ0n) is 10.3. The molecule has 0 saturated carbocycles. The highest BCUT2D eigenvalue weighted by atomic mass is 16.5. The van der Waals surface area contributed by atoms with Crippen molar-refractivity contribution in [3.63, 3.8) is 0 Å². The third-order valence-corrected chi connectivity index (χ3v) is 3.26. The second-order valence-corrected chi connectivity index (χ2v) is 4.49. The van der Waals surface area contributed by atoms with Crippen LogP contribution >= 0.6 is 0 Å². The van der Waals surface area contributed by atoms with E-state index in [-0.39, 0.29) is 6.10 Å². The standard InChI is InChI=1S/C14H15NO2/c1-8-7-11-9(2)15-13-10(14(11)17-8)5-4-6-12(13)16-3/h4-6,8H,7H2,1-3H3/t8-/m1/s1. The Hall–Kier alpha value is -1.77. The predicted octanol–water partition coefficient (Wildman–Crippen LogP) is 2.88. The fourth-order valence-electron chi connectivity index (χ4n) is 2.45. The van der Waals surface area contributed by atoms with Gasteiger partial charge in [0.1, 0.15) is 23.1 Å². The summed E-state index contributed by atoms with van der Waals surface area (Å²) in [6, 6.07) is 5.95. The summed E-state index contributed by atoms with van der Waals surface area (Å²) in [4.78, 5) is 4.65. The largest absolute Gasteiger partial charge is 0.494 e. The van der Waals surface area contributed by atoms with Crippen molar-refractivity contribution in [2.45, 2.75) is 26.4 Å². The fourth-order valence-corrected chi connectivity index (χ4v) is 2.45. The van der Waals surface area contributed by atoms with E-state index in [0.29, 0.717) is 0 Å². The van der Waals surface area contributed by atoms with Gasteiger partial charge in [0.2, 0.25) is 0 Å². The maximum atomic E-state index is 5.90. The van der Waals surface area contributed by atoms with E-state index < -0.39 is 0 Å². The van der Waals surface area contributed by atoms with Gasteiger partial charge in [0.15, 0.2) is 0 Å². The number of aryl methyl sites for hydroxylation is 1. The van der Waals surface area contributed by atoms with Crippen molar-refractivity contribution < 1.29 is 9.47 Å². The highest BCUT2D eigenvalue weighted by Crippen LogP contribution is 2.39. The molecule has 17 heavy (non-hydrogen) atoms. The summed E-state index contributed by atoms with van der Waals surface area (Å²) in [5.41, 5.74) is 3.17. The zero-order chi connectivity index (χ0) is 12.0. The molecule has 1 aliphatic heterocycles. The van der Waals surface area contributed by atoms with Gasteiger partial charge < -0.3 is 9.47 Å². The first kappa shape index (κ1) is 10.4. The minimum Gasteiger partial charge on any atom is -0.494 e. The van der Waals surface area contributed by atoms with Crippen molar-refractivity contribution >= 4 is 10.9 Å². The summed E-state index contributed by atoms with van der Waals surface area (Å²) in [6.07, 6.45) is 1.18. The first-order valence-electron chi connectivity index (χ1n) is 5.83. The molecule has 88 valence electrons. The Morgan fingerprint density at radius 2 is 2.24 bits per heavy atom. The molecule has 1 aromatic carbocycles. The van der Waals surface area contributed by atoms with Crippen LogP contribution in [0, 0.1) is 6.92 Å². The molecule has 0 unspecified atom stereocenters. The maximum Gasteiger partial charge on any atom is 0.145 e. The van der Waals surface area contributed by atoms with Crippen molar-refractivity contribution in [2.75, 3.05) is 7.11 Å². The van der Waals surface area contributed by atoms with E-state index in [0.717, 1.165) is 34.5 Å². The molecule has 0 amide bonds. The lowest BCUT2D eigenvalue weighted by molar-refractivity contribution is 0.257. The molecule has 0 N–H and O–H groups in total. The van der Waals surface area contributed by atoms with Gasteiger partial charge in [-0.3, -0.25) is 0 Å². The van der Waals surface area contributed by atoms with Gasteiger partial charge in [0.05, 0.1) is 7.11 Å². The number of ether oxygens (including phenoxy) is 2. The SMILES string of the molecule is COc1cccc2c3c(c(C)nc12)C[C@@H](C)O3. The van der Waals surface area contributed by atoms with E-state index in [1.807, 2.05) is 25.1 Å². The van der Waals surface area contributed by atoms with E-state index in [4.69, 9.17) is 9.47 Å². The van der Waals surface area contributed by atoms with Crippen LogP contribution in [-0.4, -0.2) is 18.2 Å². The third-order valence-electron chi connectivity index (χ3n) is 3.26. The van der Waals surface area contributed by atoms with Crippen LogP contribution in [0.4, 0.5) is 0 Å². The highest BCUT2D eigenvalue weighted by Gasteiger charge is 2.25. The number of aromatic nitrogens is 1. The lowest BCUT2D eigenvalue weighted by Crippen LogP contribution is -2.05. The number of fused-ring (bicyclic) bond motifs is 3. The summed E-state index contributed by atoms with van der Waals surface area (Å²) in [6.45, 7) is 4.12. The number of hydrogen-bond donors (Lipinski definition) is 0. The first-order chi connectivity index (χ1) is 8.20. The van der Waals surface area contributed by atoms with Gasteiger partial charge in [-0.2, -0.15) is 0 Å². The fraction of sp³-hybridized carbons (Fsp3) is 0.357. The van der Waals surface area contributed by atoms with Crippen LogP contribution in [-0.2, 0) is 6.42 Å². The number of hydrogen-bond acceptors (Lipinski definition) is 3. The smallest absolute Gasteiger partial charge is 0.145 e. The van der Waals surface area contributed by atoms with Crippen molar-refractivity contribution in [3.8, 4) is 11.5 Å². The van der Waals surface area contributed by atoms with Gasteiger partial charge >= 0.3 is 0 Å². The quantitative estimate of drug-likeness (QED) is 0.753. The molecule has 1 aromatic heterocycles. The molecule has 3 nitrogen and oxygen atoms in total. The number of rotatable bonds is 1. The summed E-state index contributed by atoms with van der Waals surface area (Å²) in [5.74, 6) is 1.79. The molecule has 3 heteroatoms. The Labute approximate surface area is 100 Å². The first-order valence-corrected chi connectivity index (χ1v) is 5.83. The lowest BCUT2D eigenvalue weighted by Gasteiger charge is -2.10. The van der Waals surface area contributed by atoms with E-state index in [9.17, 15) is 0 Å². The zero-order valence-corrected chi connectivity index (χ0v) is 10.3. The Balaban J connectivity index is 2.37. The number of nitrogens with zero attached hydrogens (tertiary/aromatic N) is 1. The monoisotopic (exact) mass is 229 g/mol. The van der Waals surface area contributed by atoms with Crippen LogP contribution in [0.3, 0.4) is 0 Å². The number of para-hydroxylation sites is 1. The summed E-state index contributed by atoms with van der Waals surface area (Å²) in [7, 11) is 1.67. The molecule has 1 atom stereocenters. The average molecular weight is 229 g/mol. The van der Waals surface area contributed by atoms with Gasteiger partial charge in [-0.1, -0.05) is 6.07 Å². The van der Waals surface area contributed by atoms with E-state index in [1.165, 1.54) is 5.56 Å². The van der Waals surface area contributed by atoms with E-state index in [1.54, 1.807) is 7.11 Å². The van der Waals surface area contributed by atoms with Crippen LogP contribution in [0.1, 0.15) is 18.2 Å². The minimum atomic E-state index is 0.238. The van der Waals surface area contributed by atoms with Crippen molar-refractivity contribution in [1.29, 1.82) is 0 Å². The van der Waals surface area contributed by atoms with Crippen LogP contribution in [0.25, 0.3) is 10.9 Å². The Bertz CT molecular complexity index is 592. The molecule has 0 spiro atoms. The molecule has 2 heterocycles. The van der Waals surface area contributed by atoms with Crippen LogP contribution < -0.4 is 9.47 Å². The molecule has 0 saturated heterocycles. The van der Waals surface area contributed by atoms with Gasteiger partial charge in [-0.15, -0.1) is 0 Å². The second-order valence-electron chi connectivity index (χ2n) is 4.49. The number of benzene rings is 1. The van der Waals surface area contributed by atoms with Crippen molar-refractivity contribution in [3.05, 3.63) is 29.5 Å². The predicted molar refractivity (Wildman–Crippen MR) is 66.8 cm³/mol. The van der Waals surface area contributed by atoms with Crippen LogP contribution in [0.5, 0.6) is 11.5 Å².